The van der Waals surface area contributed by atoms with Crippen LogP contribution in [-0.4, -0.2) is 9.97 Å². The van der Waals surface area contributed by atoms with Gasteiger partial charge in [-0.15, -0.1) is 0 Å². The van der Waals surface area contributed by atoms with Crippen molar-refractivity contribution in [3.05, 3.63) is 84.2 Å². The van der Waals surface area contributed by atoms with Gasteiger partial charge in [-0.25, -0.2) is 9.37 Å². The molecule has 0 bridgehead atoms. The number of hydrogen-bond acceptors (Lipinski definition) is 2. The first-order chi connectivity index (χ1) is 11.8. The van der Waals surface area contributed by atoms with Crippen LogP contribution in [0.1, 0.15) is 5.56 Å². The fourth-order valence-corrected chi connectivity index (χ4v) is 2.66. The summed E-state index contributed by atoms with van der Waals surface area (Å²) in [7, 11) is 0. The predicted octanol–water partition coefficient (Wildman–Crippen LogP) is 4.95. The number of aromatic amines is 1. The fraction of sp³-hybridized carbons (Fsp3) is 0.0500. The van der Waals surface area contributed by atoms with Crippen molar-refractivity contribution >= 4 is 11.0 Å². The van der Waals surface area contributed by atoms with E-state index < -0.39 is 0 Å². The van der Waals surface area contributed by atoms with E-state index in [0.717, 1.165) is 28.0 Å². The van der Waals surface area contributed by atoms with Gasteiger partial charge < -0.3 is 9.72 Å². The number of fused-ring (bicyclic) bond motifs is 1. The maximum absolute atomic E-state index is 13.3. The number of halogens is 1. The number of aromatic nitrogens is 2. The molecule has 0 aliphatic carbocycles. The summed E-state index contributed by atoms with van der Waals surface area (Å²) in [6, 6.07) is 22.0. The van der Waals surface area contributed by atoms with Gasteiger partial charge in [0.2, 0.25) is 0 Å². The van der Waals surface area contributed by atoms with Crippen molar-refractivity contribution in [1.29, 1.82) is 0 Å². The first-order valence-corrected chi connectivity index (χ1v) is 7.71. The number of ether oxygens (including phenoxy) is 1. The summed E-state index contributed by atoms with van der Waals surface area (Å²) in [5, 5.41) is 0. The third kappa shape index (κ3) is 2.86. The van der Waals surface area contributed by atoms with Gasteiger partial charge in [-0.05, 0) is 42.0 Å². The summed E-state index contributed by atoms with van der Waals surface area (Å²) in [4.78, 5) is 7.93. The van der Waals surface area contributed by atoms with Crippen LogP contribution in [0.15, 0.2) is 72.8 Å². The SMILES string of the molecule is Fc1cccc(COc2ccccc2-c2nc3ccccc3[nH]2)c1. The topological polar surface area (TPSA) is 37.9 Å². The second kappa shape index (κ2) is 6.16. The van der Waals surface area contributed by atoms with E-state index in [0.29, 0.717) is 12.4 Å². The third-order valence-corrected chi connectivity index (χ3v) is 3.81. The number of rotatable bonds is 4. The molecule has 1 aromatic heterocycles. The van der Waals surface area contributed by atoms with E-state index in [9.17, 15) is 4.39 Å². The summed E-state index contributed by atoms with van der Waals surface area (Å²) in [6.45, 7) is 0.301. The minimum absolute atomic E-state index is 0.262. The molecule has 1 heterocycles. The van der Waals surface area contributed by atoms with E-state index in [1.54, 1.807) is 6.07 Å². The molecule has 4 aromatic rings. The molecule has 3 aromatic carbocycles. The van der Waals surface area contributed by atoms with E-state index in [4.69, 9.17) is 4.74 Å². The summed E-state index contributed by atoms with van der Waals surface area (Å²) < 4.78 is 19.2. The van der Waals surface area contributed by atoms with Crippen LogP contribution in [0.5, 0.6) is 5.75 Å². The van der Waals surface area contributed by atoms with Crippen molar-refractivity contribution in [3.63, 3.8) is 0 Å². The van der Waals surface area contributed by atoms with Crippen molar-refractivity contribution in [3.8, 4) is 17.1 Å². The molecule has 0 unspecified atom stereocenters. The Balaban J connectivity index is 1.65. The largest absolute Gasteiger partial charge is 0.488 e. The number of hydrogen-bond donors (Lipinski definition) is 1. The maximum Gasteiger partial charge on any atom is 0.142 e. The molecule has 1 N–H and O–H groups in total. The number of nitrogens with zero attached hydrogens (tertiary/aromatic N) is 1. The van der Waals surface area contributed by atoms with E-state index in [2.05, 4.69) is 9.97 Å². The normalized spacial score (nSPS) is 10.9. The minimum atomic E-state index is -0.262. The number of imidazole rings is 1. The molecule has 0 saturated carbocycles. The molecule has 4 heteroatoms. The highest BCUT2D eigenvalue weighted by Gasteiger charge is 2.10. The Hall–Kier alpha value is -3.14. The average Bonchev–Trinajstić information content (AvgIpc) is 3.04. The van der Waals surface area contributed by atoms with Crippen LogP contribution in [0, 0.1) is 5.82 Å². The molecule has 4 rings (SSSR count). The van der Waals surface area contributed by atoms with Crippen LogP contribution < -0.4 is 4.74 Å². The number of para-hydroxylation sites is 3. The van der Waals surface area contributed by atoms with Crippen molar-refractivity contribution in [2.75, 3.05) is 0 Å². The van der Waals surface area contributed by atoms with Gasteiger partial charge in [0.15, 0.2) is 0 Å². The van der Waals surface area contributed by atoms with Gasteiger partial charge in [0, 0.05) is 0 Å². The molecule has 0 fully saturated rings. The third-order valence-electron chi connectivity index (χ3n) is 3.81. The Labute approximate surface area is 138 Å². The van der Waals surface area contributed by atoms with Gasteiger partial charge in [-0.2, -0.15) is 0 Å². The Kier molecular flexibility index (Phi) is 3.71. The number of benzene rings is 3. The molecule has 118 valence electrons. The molecule has 3 nitrogen and oxygen atoms in total. The zero-order valence-corrected chi connectivity index (χ0v) is 12.9. The number of nitrogens with one attached hydrogen (secondary N) is 1. The molecule has 0 amide bonds. The quantitative estimate of drug-likeness (QED) is 0.578. The molecule has 0 aliphatic rings. The van der Waals surface area contributed by atoms with Crippen molar-refractivity contribution in [1.82, 2.24) is 9.97 Å². The lowest BCUT2D eigenvalue weighted by atomic mass is 10.2. The summed E-state index contributed by atoms with van der Waals surface area (Å²) in [5.41, 5.74) is 3.55. The maximum atomic E-state index is 13.3. The van der Waals surface area contributed by atoms with E-state index in [1.165, 1.54) is 12.1 Å². The van der Waals surface area contributed by atoms with Crippen LogP contribution >= 0.6 is 0 Å². The Morgan fingerprint density at radius 2 is 1.75 bits per heavy atom. The number of H-pyrrole nitrogens is 1. The van der Waals surface area contributed by atoms with E-state index in [1.807, 2.05) is 54.6 Å². The first kappa shape index (κ1) is 14.5. The first-order valence-electron chi connectivity index (χ1n) is 7.71. The monoisotopic (exact) mass is 318 g/mol. The van der Waals surface area contributed by atoms with Gasteiger partial charge in [0.05, 0.1) is 16.6 Å². The van der Waals surface area contributed by atoms with Crippen LogP contribution in [0.4, 0.5) is 4.39 Å². The highest BCUT2D eigenvalue weighted by Crippen LogP contribution is 2.29. The van der Waals surface area contributed by atoms with Gasteiger partial charge in [0.1, 0.15) is 24.0 Å². The zero-order valence-electron chi connectivity index (χ0n) is 12.9. The van der Waals surface area contributed by atoms with Crippen LogP contribution in [0.2, 0.25) is 0 Å². The summed E-state index contributed by atoms with van der Waals surface area (Å²) in [5.74, 6) is 1.20. The average molecular weight is 318 g/mol. The second-order valence-electron chi connectivity index (χ2n) is 5.52. The Bertz CT molecular complexity index is 961. The van der Waals surface area contributed by atoms with Crippen molar-refractivity contribution in [2.24, 2.45) is 0 Å². The summed E-state index contributed by atoms with van der Waals surface area (Å²) >= 11 is 0. The minimum Gasteiger partial charge on any atom is -0.488 e. The Morgan fingerprint density at radius 3 is 2.62 bits per heavy atom. The molecule has 0 saturated heterocycles. The molecular weight excluding hydrogens is 303 g/mol. The standard InChI is InChI=1S/C20H15FN2O/c21-15-7-5-6-14(12-15)13-24-19-11-4-1-8-16(19)20-22-17-9-2-3-10-18(17)23-20/h1-12H,13H2,(H,22,23). The van der Waals surface area contributed by atoms with Gasteiger partial charge >= 0.3 is 0 Å². The van der Waals surface area contributed by atoms with E-state index >= 15 is 0 Å². The van der Waals surface area contributed by atoms with Crippen molar-refractivity contribution < 1.29 is 9.13 Å². The second-order valence-corrected chi connectivity index (χ2v) is 5.52. The highest BCUT2D eigenvalue weighted by molar-refractivity contribution is 5.80. The van der Waals surface area contributed by atoms with Crippen LogP contribution in [-0.2, 0) is 6.61 Å². The lowest BCUT2D eigenvalue weighted by Gasteiger charge is -2.10. The van der Waals surface area contributed by atoms with Crippen LogP contribution in [0.3, 0.4) is 0 Å². The molecule has 24 heavy (non-hydrogen) atoms. The lowest BCUT2D eigenvalue weighted by molar-refractivity contribution is 0.306. The van der Waals surface area contributed by atoms with Gasteiger partial charge in [0.25, 0.3) is 0 Å². The van der Waals surface area contributed by atoms with Crippen molar-refractivity contribution in [2.45, 2.75) is 6.61 Å². The van der Waals surface area contributed by atoms with Crippen LogP contribution in [0.25, 0.3) is 22.4 Å². The molecule has 0 aliphatic heterocycles. The molecule has 0 spiro atoms. The fourth-order valence-electron chi connectivity index (χ4n) is 2.66. The Morgan fingerprint density at radius 1 is 0.917 bits per heavy atom. The molecule has 0 atom stereocenters. The van der Waals surface area contributed by atoms with E-state index in [-0.39, 0.29) is 5.82 Å². The predicted molar refractivity (Wildman–Crippen MR) is 92.3 cm³/mol. The highest BCUT2D eigenvalue weighted by atomic mass is 19.1. The molecule has 0 radical (unpaired) electrons. The smallest absolute Gasteiger partial charge is 0.142 e. The summed E-state index contributed by atoms with van der Waals surface area (Å²) in [6.07, 6.45) is 0. The molecular formula is C20H15FN2O. The van der Waals surface area contributed by atoms with Gasteiger partial charge in [-0.3, -0.25) is 0 Å². The van der Waals surface area contributed by atoms with Gasteiger partial charge in [-0.1, -0.05) is 36.4 Å². The zero-order chi connectivity index (χ0) is 16.4. The lowest BCUT2D eigenvalue weighted by Crippen LogP contribution is -1.97.